The topological polar surface area (TPSA) is 50.8 Å². The first-order chi connectivity index (χ1) is 14.1. The minimum absolute atomic E-state index is 0.0843. The molecule has 1 atom stereocenters. The summed E-state index contributed by atoms with van der Waals surface area (Å²) in [4.78, 5) is 15.3. The first-order valence-electron chi connectivity index (χ1n) is 10.5. The molecule has 154 valence electrons. The van der Waals surface area contributed by atoms with Crippen LogP contribution in [0.4, 0.5) is 5.69 Å². The minimum atomic E-state index is -0.189. The van der Waals surface area contributed by atoms with Gasteiger partial charge in [-0.25, -0.2) is 0 Å². The monoisotopic (exact) mass is 394 g/mol. The standard InChI is InChI=1S/C24H30N2O3/c1-18(26-14-11-19-5-3-4-6-22(19)26)23(27)25-17-24(12-15-29-16-13-24)20-7-9-21(28-2)10-8-20/h3-10,18H,11-17H2,1-2H3,(H,25,27). The van der Waals surface area contributed by atoms with Gasteiger partial charge in [-0.05, 0) is 55.5 Å². The molecule has 2 aromatic rings. The van der Waals surface area contributed by atoms with Crippen molar-refractivity contribution in [3.8, 4) is 5.75 Å². The minimum Gasteiger partial charge on any atom is -0.497 e. The van der Waals surface area contributed by atoms with Crippen LogP contribution in [0.1, 0.15) is 30.9 Å². The Bertz CT molecular complexity index is 843. The van der Waals surface area contributed by atoms with E-state index in [4.69, 9.17) is 9.47 Å². The number of hydrogen-bond donors (Lipinski definition) is 1. The summed E-state index contributed by atoms with van der Waals surface area (Å²) >= 11 is 0. The van der Waals surface area contributed by atoms with Crippen molar-refractivity contribution < 1.29 is 14.3 Å². The van der Waals surface area contributed by atoms with Gasteiger partial charge in [0, 0.05) is 37.4 Å². The lowest BCUT2D eigenvalue weighted by Crippen LogP contribution is -2.50. The van der Waals surface area contributed by atoms with Crippen LogP contribution in [-0.2, 0) is 21.4 Å². The Morgan fingerprint density at radius 3 is 2.62 bits per heavy atom. The number of methoxy groups -OCH3 is 1. The van der Waals surface area contributed by atoms with Crippen molar-refractivity contribution in [3.63, 3.8) is 0 Å². The van der Waals surface area contributed by atoms with Crippen molar-refractivity contribution in [1.29, 1.82) is 0 Å². The Morgan fingerprint density at radius 1 is 1.17 bits per heavy atom. The summed E-state index contributed by atoms with van der Waals surface area (Å²) in [5.74, 6) is 0.933. The first kappa shape index (κ1) is 19.8. The molecule has 0 aromatic heterocycles. The third kappa shape index (κ3) is 3.97. The third-order valence-corrected chi connectivity index (χ3v) is 6.52. The zero-order valence-electron chi connectivity index (χ0n) is 17.3. The Labute approximate surface area is 173 Å². The van der Waals surface area contributed by atoms with Crippen molar-refractivity contribution in [2.24, 2.45) is 0 Å². The van der Waals surface area contributed by atoms with Gasteiger partial charge in [-0.2, -0.15) is 0 Å². The van der Waals surface area contributed by atoms with Gasteiger partial charge in [0.1, 0.15) is 11.8 Å². The van der Waals surface area contributed by atoms with Crippen LogP contribution in [0.25, 0.3) is 0 Å². The summed E-state index contributed by atoms with van der Waals surface area (Å²) in [6, 6.07) is 16.4. The third-order valence-electron chi connectivity index (χ3n) is 6.52. The largest absolute Gasteiger partial charge is 0.497 e. The number of nitrogens with one attached hydrogen (secondary N) is 1. The number of para-hydroxylation sites is 1. The van der Waals surface area contributed by atoms with Gasteiger partial charge in [0.25, 0.3) is 0 Å². The first-order valence-corrected chi connectivity index (χ1v) is 10.5. The van der Waals surface area contributed by atoms with Crippen LogP contribution >= 0.6 is 0 Å². The highest BCUT2D eigenvalue weighted by Gasteiger charge is 2.36. The van der Waals surface area contributed by atoms with Crippen LogP contribution in [-0.4, -0.2) is 45.4 Å². The zero-order chi connectivity index (χ0) is 20.3. The van der Waals surface area contributed by atoms with E-state index < -0.39 is 0 Å². The van der Waals surface area contributed by atoms with E-state index in [0.29, 0.717) is 6.54 Å². The average Bonchev–Trinajstić information content (AvgIpc) is 3.22. The number of fused-ring (bicyclic) bond motifs is 1. The summed E-state index contributed by atoms with van der Waals surface area (Å²) in [5, 5.41) is 3.26. The highest BCUT2D eigenvalue weighted by Crippen LogP contribution is 2.35. The Hall–Kier alpha value is -2.53. The number of nitrogens with zero attached hydrogens (tertiary/aromatic N) is 1. The highest BCUT2D eigenvalue weighted by molar-refractivity contribution is 5.85. The molecule has 0 aliphatic carbocycles. The molecule has 1 saturated heterocycles. The predicted octanol–water partition coefficient (Wildman–Crippen LogP) is 3.31. The van der Waals surface area contributed by atoms with Gasteiger partial charge in [0.05, 0.1) is 7.11 Å². The molecule has 29 heavy (non-hydrogen) atoms. The number of hydrogen-bond acceptors (Lipinski definition) is 4. The maximum Gasteiger partial charge on any atom is 0.242 e. The highest BCUT2D eigenvalue weighted by atomic mass is 16.5. The van der Waals surface area contributed by atoms with E-state index in [2.05, 4.69) is 40.5 Å². The molecule has 1 unspecified atom stereocenters. The molecule has 2 heterocycles. The second-order valence-electron chi connectivity index (χ2n) is 8.09. The molecule has 1 fully saturated rings. The van der Waals surface area contributed by atoms with Crippen molar-refractivity contribution in [2.45, 2.75) is 37.6 Å². The maximum absolute atomic E-state index is 13.1. The number of carbonyl (C=O) groups excluding carboxylic acids is 1. The molecular formula is C24H30N2O3. The Kier molecular flexibility index (Phi) is 5.76. The molecule has 2 aromatic carbocycles. The SMILES string of the molecule is COc1ccc(C2(CNC(=O)C(C)N3CCc4ccccc43)CCOCC2)cc1. The van der Waals surface area contributed by atoms with Gasteiger partial charge in [0.15, 0.2) is 0 Å². The number of rotatable bonds is 6. The molecule has 0 spiro atoms. The molecule has 0 saturated carbocycles. The Morgan fingerprint density at radius 2 is 1.90 bits per heavy atom. The van der Waals surface area contributed by atoms with Crippen molar-refractivity contribution in [2.75, 3.05) is 38.3 Å². The average molecular weight is 395 g/mol. The lowest BCUT2D eigenvalue weighted by Gasteiger charge is -2.38. The molecule has 5 nitrogen and oxygen atoms in total. The molecule has 5 heteroatoms. The normalized spacial score (nSPS) is 18.8. The van der Waals surface area contributed by atoms with Crippen LogP contribution in [0.2, 0.25) is 0 Å². The predicted molar refractivity (Wildman–Crippen MR) is 115 cm³/mol. The van der Waals surface area contributed by atoms with E-state index >= 15 is 0 Å². The van der Waals surface area contributed by atoms with E-state index in [-0.39, 0.29) is 17.4 Å². The quantitative estimate of drug-likeness (QED) is 0.817. The number of ether oxygens (including phenoxy) is 2. The van der Waals surface area contributed by atoms with Gasteiger partial charge >= 0.3 is 0 Å². The number of carbonyl (C=O) groups is 1. The van der Waals surface area contributed by atoms with Crippen LogP contribution in [0.3, 0.4) is 0 Å². The fourth-order valence-electron chi connectivity index (χ4n) is 4.59. The molecule has 0 radical (unpaired) electrons. The van der Waals surface area contributed by atoms with E-state index in [1.807, 2.05) is 25.1 Å². The molecule has 1 amide bonds. The molecular weight excluding hydrogens is 364 g/mol. The number of amides is 1. The van der Waals surface area contributed by atoms with Gasteiger partial charge in [-0.1, -0.05) is 30.3 Å². The Balaban J connectivity index is 1.46. The summed E-state index contributed by atoms with van der Waals surface area (Å²) in [6.07, 6.45) is 2.81. The van der Waals surface area contributed by atoms with Crippen molar-refractivity contribution in [3.05, 3.63) is 59.7 Å². The summed E-state index contributed by atoms with van der Waals surface area (Å²) in [6.45, 7) is 4.96. The van der Waals surface area contributed by atoms with E-state index in [1.165, 1.54) is 16.8 Å². The van der Waals surface area contributed by atoms with Crippen molar-refractivity contribution in [1.82, 2.24) is 5.32 Å². The molecule has 4 rings (SSSR count). The number of anilines is 1. The van der Waals surface area contributed by atoms with Gasteiger partial charge in [-0.3, -0.25) is 4.79 Å². The fraction of sp³-hybridized carbons (Fsp3) is 0.458. The van der Waals surface area contributed by atoms with Gasteiger partial charge in [-0.15, -0.1) is 0 Å². The van der Waals surface area contributed by atoms with Crippen molar-refractivity contribution >= 4 is 11.6 Å². The molecule has 1 N–H and O–H groups in total. The van der Waals surface area contributed by atoms with E-state index in [1.54, 1.807) is 7.11 Å². The summed E-state index contributed by atoms with van der Waals surface area (Å²) < 4.78 is 10.9. The van der Waals surface area contributed by atoms with Crippen LogP contribution in [0.5, 0.6) is 5.75 Å². The van der Waals surface area contributed by atoms with Crippen LogP contribution in [0, 0.1) is 0 Å². The second kappa shape index (κ2) is 8.46. The van der Waals surface area contributed by atoms with Gasteiger partial charge < -0.3 is 19.7 Å². The summed E-state index contributed by atoms with van der Waals surface area (Å²) in [7, 11) is 1.68. The van der Waals surface area contributed by atoms with Crippen LogP contribution < -0.4 is 15.0 Å². The van der Waals surface area contributed by atoms with Gasteiger partial charge in [0.2, 0.25) is 5.91 Å². The molecule has 2 aliphatic heterocycles. The zero-order valence-corrected chi connectivity index (χ0v) is 17.3. The lowest BCUT2D eigenvalue weighted by atomic mass is 9.74. The maximum atomic E-state index is 13.1. The molecule has 0 bridgehead atoms. The number of benzene rings is 2. The fourth-order valence-corrected chi connectivity index (χ4v) is 4.59. The summed E-state index contributed by atoms with van der Waals surface area (Å²) in [5.41, 5.74) is 3.65. The van der Waals surface area contributed by atoms with Crippen LogP contribution in [0.15, 0.2) is 48.5 Å². The lowest BCUT2D eigenvalue weighted by molar-refractivity contribution is -0.122. The molecule has 2 aliphatic rings. The second-order valence-corrected chi connectivity index (χ2v) is 8.09. The van der Waals surface area contributed by atoms with E-state index in [9.17, 15) is 4.79 Å². The smallest absolute Gasteiger partial charge is 0.242 e. The van der Waals surface area contributed by atoms with E-state index in [0.717, 1.165) is 44.8 Å².